The zero-order valence-electron chi connectivity index (χ0n) is 16.9. The van der Waals surface area contributed by atoms with Gasteiger partial charge in [-0.2, -0.15) is 0 Å². The van der Waals surface area contributed by atoms with Crippen molar-refractivity contribution in [3.63, 3.8) is 0 Å². The number of amides is 1. The van der Waals surface area contributed by atoms with E-state index in [0.29, 0.717) is 12.2 Å². The van der Waals surface area contributed by atoms with Crippen molar-refractivity contribution in [2.75, 3.05) is 6.61 Å². The van der Waals surface area contributed by atoms with E-state index in [9.17, 15) is 4.79 Å². The second kappa shape index (κ2) is 7.30. The number of para-hydroxylation sites is 1. The molecule has 1 amide bonds. The molecule has 4 aromatic rings. The van der Waals surface area contributed by atoms with Gasteiger partial charge in [0.2, 0.25) is 0 Å². The van der Waals surface area contributed by atoms with Crippen LogP contribution >= 0.6 is 0 Å². The van der Waals surface area contributed by atoms with E-state index in [1.807, 2.05) is 73.4 Å². The minimum Gasteiger partial charge on any atom is -0.493 e. The molecular weight excluding hydrogens is 376 g/mol. The number of nitrogens with one attached hydrogen (secondary N) is 1. The van der Waals surface area contributed by atoms with Gasteiger partial charge in [-0.05, 0) is 42.8 Å². The van der Waals surface area contributed by atoms with E-state index >= 15 is 0 Å². The molecule has 1 N–H and O–H groups in total. The molecule has 6 heteroatoms. The van der Waals surface area contributed by atoms with Crippen LogP contribution in [0.1, 0.15) is 33.9 Å². The number of hydrogen-bond acceptors (Lipinski definition) is 4. The first kappa shape index (κ1) is 18.4. The van der Waals surface area contributed by atoms with Crippen molar-refractivity contribution < 1.29 is 9.53 Å². The first-order chi connectivity index (χ1) is 14.6. The number of benzene rings is 2. The summed E-state index contributed by atoms with van der Waals surface area (Å²) in [6.07, 6.45) is 4.38. The van der Waals surface area contributed by atoms with E-state index in [0.717, 1.165) is 45.7 Å². The number of carbonyl (C=O) groups is 1. The van der Waals surface area contributed by atoms with Gasteiger partial charge in [-0.1, -0.05) is 18.2 Å². The summed E-state index contributed by atoms with van der Waals surface area (Å²) in [5.74, 6) is 1.57. The van der Waals surface area contributed by atoms with Crippen LogP contribution in [0.15, 0.2) is 60.9 Å². The lowest BCUT2D eigenvalue weighted by Crippen LogP contribution is -2.32. The minimum absolute atomic E-state index is 0.0568. The van der Waals surface area contributed by atoms with Crippen molar-refractivity contribution in [1.82, 2.24) is 19.9 Å². The highest BCUT2D eigenvalue weighted by Gasteiger charge is 2.23. The minimum atomic E-state index is -0.0985. The molecule has 3 heterocycles. The van der Waals surface area contributed by atoms with Gasteiger partial charge in [-0.15, -0.1) is 0 Å². The van der Waals surface area contributed by atoms with Gasteiger partial charge in [0.05, 0.1) is 23.7 Å². The third-order valence-corrected chi connectivity index (χ3v) is 5.54. The van der Waals surface area contributed by atoms with Gasteiger partial charge in [0.25, 0.3) is 5.91 Å². The Kier molecular flexibility index (Phi) is 4.47. The molecule has 0 spiro atoms. The zero-order valence-corrected chi connectivity index (χ0v) is 16.9. The Morgan fingerprint density at radius 3 is 2.90 bits per heavy atom. The monoisotopic (exact) mass is 398 g/mol. The number of ether oxygens (including phenoxy) is 1. The highest BCUT2D eigenvalue weighted by Crippen LogP contribution is 2.32. The van der Waals surface area contributed by atoms with E-state index in [-0.39, 0.29) is 11.9 Å². The number of aromatic nitrogens is 3. The normalized spacial score (nSPS) is 15.5. The quantitative estimate of drug-likeness (QED) is 0.562. The van der Waals surface area contributed by atoms with Gasteiger partial charge in [0.15, 0.2) is 0 Å². The third kappa shape index (κ3) is 3.20. The van der Waals surface area contributed by atoms with Gasteiger partial charge < -0.3 is 14.6 Å². The van der Waals surface area contributed by atoms with Crippen molar-refractivity contribution in [3.05, 3.63) is 77.6 Å². The summed E-state index contributed by atoms with van der Waals surface area (Å²) in [4.78, 5) is 22.0. The van der Waals surface area contributed by atoms with E-state index < -0.39 is 0 Å². The van der Waals surface area contributed by atoms with Gasteiger partial charge in [0, 0.05) is 42.6 Å². The molecule has 6 nitrogen and oxygen atoms in total. The second-order valence-electron chi connectivity index (χ2n) is 7.65. The Bertz CT molecular complexity index is 1260. The van der Waals surface area contributed by atoms with Gasteiger partial charge in [-0.3, -0.25) is 9.78 Å². The highest BCUT2D eigenvalue weighted by atomic mass is 16.5. The molecule has 0 aliphatic carbocycles. The summed E-state index contributed by atoms with van der Waals surface area (Å²) >= 11 is 0. The first-order valence-electron chi connectivity index (χ1n) is 10.0. The highest BCUT2D eigenvalue weighted by molar-refractivity contribution is 5.98. The summed E-state index contributed by atoms with van der Waals surface area (Å²) in [7, 11) is 1.96. The van der Waals surface area contributed by atoms with Crippen LogP contribution in [0.5, 0.6) is 5.75 Å². The second-order valence-corrected chi connectivity index (χ2v) is 7.65. The van der Waals surface area contributed by atoms with Gasteiger partial charge in [0.1, 0.15) is 11.6 Å². The third-order valence-electron chi connectivity index (χ3n) is 5.54. The molecule has 150 valence electrons. The molecular formula is C24H22N4O2. The first-order valence-corrected chi connectivity index (χ1v) is 10.0. The van der Waals surface area contributed by atoms with Crippen molar-refractivity contribution >= 4 is 16.9 Å². The van der Waals surface area contributed by atoms with Gasteiger partial charge in [-0.25, -0.2) is 4.98 Å². The maximum absolute atomic E-state index is 13.0. The SMILES string of the molecule is Cc1cncc(-c2nc3ccc(C(=O)N[C@H]4CCOc5ccccc54)cc3n2C)c1. The lowest BCUT2D eigenvalue weighted by molar-refractivity contribution is 0.0925. The Balaban J connectivity index is 1.46. The van der Waals surface area contributed by atoms with Crippen LogP contribution in [0, 0.1) is 6.92 Å². The summed E-state index contributed by atoms with van der Waals surface area (Å²) in [5.41, 5.74) is 5.43. The van der Waals surface area contributed by atoms with Crippen molar-refractivity contribution in [2.45, 2.75) is 19.4 Å². The maximum atomic E-state index is 13.0. The summed E-state index contributed by atoms with van der Waals surface area (Å²) in [5, 5.41) is 3.16. The summed E-state index contributed by atoms with van der Waals surface area (Å²) < 4.78 is 7.71. The molecule has 2 aromatic carbocycles. The number of rotatable bonds is 3. The van der Waals surface area contributed by atoms with E-state index in [1.165, 1.54) is 0 Å². The average Bonchev–Trinajstić information content (AvgIpc) is 3.10. The fourth-order valence-electron chi connectivity index (χ4n) is 4.00. The molecule has 0 bridgehead atoms. The predicted molar refractivity (Wildman–Crippen MR) is 115 cm³/mol. The summed E-state index contributed by atoms with van der Waals surface area (Å²) in [6.45, 7) is 2.60. The molecule has 0 unspecified atom stereocenters. The van der Waals surface area contributed by atoms with Gasteiger partial charge >= 0.3 is 0 Å². The number of fused-ring (bicyclic) bond motifs is 2. The Hall–Kier alpha value is -3.67. The number of aryl methyl sites for hydroxylation is 2. The number of hydrogen-bond donors (Lipinski definition) is 1. The van der Waals surface area contributed by atoms with Crippen LogP contribution in [0.25, 0.3) is 22.4 Å². The lowest BCUT2D eigenvalue weighted by Gasteiger charge is -2.26. The largest absolute Gasteiger partial charge is 0.493 e. The molecule has 0 fully saturated rings. The van der Waals surface area contributed by atoms with Crippen LogP contribution in [-0.4, -0.2) is 27.0 Å². The van der Waals surface area contributed by atoms with Crippen molar-refractivity contribution in [2.24, 2.45) is 7.05 Å². The Labute approximate surface area is 174 Å². The molecule has 0 saturated heterocycles. The number of carbonyl (C=O) groups excluding carboxylic acids is 1. The van der Waals surface area contributed by atoms with Crippen LogP contribution in [0.2, 0.25) is 0 Å². The standard InChI is InChI=1S/C24H22N4O2/c1-15-11-17(14-25-13-15)23-26-20-8-7-16(12-21(20)28(23)2)24(29)27-19-9-10-30-22-6-4-3-5-18(19)22/h3-8,11-14,19H,9-10H2,1-2H3,(H,27,29)/t19-/m0/s1. The average molecular weight is 398 g/mol. The van der Waals surface area contributed by atoms with E-state index in [4.69, 9.17) is 9.72 Å². The van der Waals surface area contributed by atoms with Crippen LogP contribution in [0.3, 0.4) is 0 Å². The van der Waals surface area contributed by atoms with Crippen molar-refractivity contribution in [1.29, 1.82) is 0 Å². The topological polar surface area (TPSA) is 69.0 Å². The van der Waals surface area contributed by atoms with E-state index in [2.05, 4.69) is 16.4 Å². The fraction of sp³-hybridized carbons (Fsp3) is 0.208. The fourth-order valence-corrected chi connectivity index (χ4v) is 4.00. The number of nitrogens with zero attached hydrogens (tertiary/aromatic N) is 3. The summed E-state index contributed by atoms with van der Waals surface area (Å²) in [6, 6.07) is 15.5. The molecule has 0 saturated carbocycles. The lowest BCUT2D eigenvalue weighted by atomic mass is 10.00. The zero-order chi connectivity index (χ0) is 20.7. The smallest absolute Gasteiger partial charge is 0.251 e. The molecule has 1 atom stereocenters. The Morgan fingerprint density at radius 2 is 2.03 bits per heavy atom. The molecule has 2 aromatic heterocycles. The molecule has 30 heavy (non-hydrogen) atoms. The predicted octanol–water partition coefficient (Wildman–Crippen LogP) is 4.20. The molecule has 1 aliphatic heterocycles. The number of imidazole rings is 1. The number of pyridine rings is 1. The van der Waals surface area contributed by atoms with Crippen molar-refractivity contribution in [3.8, 4) is 17.1 Å². The van der Waals surface area contributed by atoms with Crippen LogP contribution in [0.4, 0.5) is 0 Å². The van der Waals surface area contributed by atoms with E-state index in [1.54, 1.807) is 0 Å². The maximum Gasteiger partial charge on any atom is 0.251 e. The molecule has 0 radical (unpaired) electrons. The van der Waals surface area contributed by atoms with Crippen LogP contribution in [-0.2, 0) is 7.05 Å². The van der Waals surface area contributed by atoms with Crippen LogP contribution < -0.4 is 10.1 Å². The molecule has 1 aliphatic rings. The molecule has 5 rings (SSSR count). The Morgan fingerprint density at radius 1 is 1.17 bits per heavy atom.